The molecule has 5 heteroatoms. The minimum Gasteiger partial charge on any atom is -0.375 e. The van der Waals surface area contributed by atoms with E-state index in [4.69, 9.17) is 4.74 Å². The van der Waals surface area contributed by atoms with Crippen molar-refractivity contribution in [1.82, 2.24) is 5.32 Å². The number of nitrogens with one attached hydrogen (secondary N) is 1. The monoisotopic (exact) mass is 259 g/mol. The van der Waals surface area contributed by atoms with Crippen molar-refractivity contribution in [3.63, 3.8) is 0 Å². The average molecular weight is 259 g/mol. The molecule has 2 nitrogen and oxygen atoms in total. The Labute approximate surface area is 104 Å². The van der Waals surface area contributed by atoms with Crippen molar-refractivity contribution >= 4 is 11.8 Å². The predicted molar refractivity (Wildman–Crippen MR) is 65.2 cm³/mol. The lowest BCUT2D eigenvalue weighted by Gasteiger charge is -2.30. The van der Waals surface area contributed by atoms with Gasteiger partial charge in [-0.3, -0.25) is 0 Å². The van der Waals surface area contributed by atoms with E-state index < -0.39 is 11.6 Å². The van der Waals surface area contributed by atoms with Gasteiger partial charge in [0.25, 0.3) is 0 Å². The Morgan fingerprint density at radius 1 is 1.47 bits per heavy atom. The lowest BCUT2D eigenvalue weighted by atomic mass is 10.0. The normalized spacial score (nSPS) is 22.4. The zero-order valence-corrected chi connectivity index (χ0v) is 10.4. The molecular weight excluding hydrogens is 244 g/mol. The number of likely N-dealkylation sites (N-methyl/N-ethyl adjacent to an activating group) is 1. The molecule has 1 heterocycles. The van der Waals surface area contributed by atoms with Gasteiger partial charge in [-0.2, -0.15) is 11.8 Å². The highest BCUT2D eigenvalue weighted by Crippen LogP contribution is 2.27. The van der Waals surface area contributed by atoms with Crippen LogP contribution in [-0.2, 0) is 4.74 Å². The molecule has 17 heavy (non-hydrogen) atoms. The molecule has 1 N–H and O–H groups in total. The second-order valence-electron chi connectivity index (χ2n) is 3.92. The Hall–Kier alpha value is -0.650. The van der Waals surface area contributed by atoms with Crippen LogP contribution in [-0.4, -0.2) is 31.3 Å². The summed E-state index contributed by atoms with van der Waals surface area (Å²) in [5.41, 5.74) is 0.460. The molecule has 1 aromatic carbocycles. The minimum absolute atomic E-state index is 0.0706. The largest absolute Gasteiger partial charge is 0.375 e. The van der Waals surface area contributed by atoms with Crippen LogP contribution in [0.15, 0.2) is 18.2 Å². The van der Waals surface area contributed by atoms with Crippen molar-refractivity contribution in [1.29, 1.82) is 0 Å². The van der Waals surface area contributed by atoms with E-state index in [0.29, 0.717) is 12.2 Å². The third-order valence-electron chi connectivity index (χ3n) is 2.82. The van der Waals surface area contributed by atoms with E-state index in [2.05, 4.69) is 5.32 Å². The number of benzene rings is 1. The summed E-state index contributed by atoms with van der Waals surface area (Å²) in [5.74, 6) is 0.713. The Kier molecular flexibility index (Phi) is 4.36. The van der Waals surface area contributed by atoms with Crippen LogP contribution in [0.1, 0.15) is 11.6 Å². The summed E-state index contributed by atoms with van der Waals surface area (Å²) < 4.78 is 32.2. The van der Waals surface area contributed by atoms with Gasteiger partial charge in [0.1, 0.15) is 11.6 Å². The first-order chi connectivity index (χ1) is 8.22. The maximum atomic E-state index is 13.7. The van der Waals surface area contributed by atoms with E-state index in [1.165, 1.54) is 12.1 Å². The number of thioether (sulfide) groups is 1. The van der Waals surface area contributed by atoms with Gasteiger partial charge in [-0.15, -0.1) is 0 Å². The van der Waals surface area contributed by atoms with Crippen molar-refractivity contribution < 1.29 is 13.5 Å². The Morgan fingerprint density at radius 2 is 2.29 bits per heavy atom. The molecule has 1 aliphatic rings. The standard InChI is InChI=1S/C12H15F2NOS/c1-15-12(11-7-17-5-4-16-11)9-3-2-8(13)6-10(9)14/h2-3,6,11-12,15H,4-5,7H2,1H3. The van der Waals surface area contributed by atoms with E-state index >= 15 is 0 Å². The van der Waals surface area contributed by atoms with Crippen LogP contribution in [0.3, 0.4) is 0 Å². The third-order valence-corrected chi connectivity index (χ3v) is 3.84. The van der Waals surface area contributed by atoms with Gasteiger partial charge in [0.2, 0.25) is 0 Å². The quantitative estimate of drug-likeness (QED) is 0.900. The van der Waals surface area contributed by atoms with Gasteiger partial charge in [0.05, 0.1) is 18.8 Å². The van der Waals surface area contributed by atoms with Crippen LogP contribution in [0.4, 0.5) is 8.78 Å². The fourth-order valence-corrected chi connectivity index (χ4v) is 2.90. The Balaban J connectivity index is 2.21. The van der Waals surface area contributed by atoms with Gasteiger partial charge in [-0.05, 0) is 13.1 Å². The van der Waals surface area contributed by atoms with Crippen molar-refractivity contribution in [3.05, 3.63) is 35.4 Å². The predicted octanol–water partition coefficient (Wildman–Crippen LogP) is 2.36. The van der Waals surface area contributed by atoms with Gasteiger partial charge in [0, 0.05) is 23.1 Å². The molecule has 0 bridgehead atoms. The van der Waals surface area contributed by atoms with Crippen LogP contribution < -0.4 is 5.32 Å². The van der Waals surface area contributed by atoms with E-state index in [-0.39, 0.29) is 12.1 Å². The number of hydrogen-bond donors (Lipinski definition) is 1. The summed E-state index contributed by atoms with van der Waals surface area (Å²) in [6.07, 6.45) is -0.0706. The fraction of sp³-hybridized carbons (Fsp3) is 0.500. The highest BCUT2D eigenvalue weighted by Gasteiger charge is 2.27. The van der Waals surface area contributed by atoms with Gasteiger partial charge in [0.15, 0.2) is 0 Å². The number of halogens is 2. The molecular formula is C12H15F2NOS. The number of ether oxygens (including phenoxy) is 1. The lowest BCUT2D eigenvalue weighted by molar-refractivity contribution is 0.0479. The molecule has 0 amide bonds. The second kappa shape index (κ2) is 5.80. The SMILES string of the molecule is CNC(c1ccc(F)cc1F)C1CSCCO1. The molecule has 0 aliphatic carbocycles. The summed E-state index contributed by atoms with van der Waals surface area (Å²) in [5, 5.41) is 3.05. The van der Waals surface area contributed by atoms with Crippen LogP contribution in [0.2, 0.25) is 0 Å². The van der Waals surface area contributed by atoms with Crippen LogP contribution in [0.25, 0.3) is 0 Å². The molecule has 1 saturated heterocycles. The maximum Gasteiger partial charge on any atom is 0.130 e. The zero-order valence-electron chi connectivity index (χ0n) is 9.58. The fourth-order valence-electron chi connectivity index (χ4n) is 1.99. The summed E-state index contributed by atoms with van der Waals surface area (Å²) in [6, 6.07) is 3.44. The summed E-state index contributed by atoms with van der Waals surface area (Å²) in [4.78, 5) is 0. The molecule has 2 unspecified atom stereocenters. The molecule has 1 fully saturated rings. The van der Waals surface area contributed by atoms with Crippen molar-refractivity contribution in [2.24, 2.45) is 0 Å². The van der Waals surface area contributed by atoms with Crippen LogP contribution >= 0.6 is 11.8 Å². The highest BCUT2D eigenvalue weighted by molar-refractivity contribution is 7.99. The summed E-state index contributed by atoms with van der Waals surface area (Å²) in [6.45, 7) is 0.677. The van der Waals surface area contributed by atoms with Crippen LogP contribution in [0.5, 0.6) is 0 Å². The topological polar surface area (TPSA) is 21.3 Å². The van der Waals surface area contributed by atoms with Crippen molar-refractivity contribution in [2.75, 3.05) is 25.2 Å². The molecule has 0 spiro atoms. The van der Waals surface area contributed by atoms with Gasteiger partial charge >= 0.3 is 0 Å². The first kappa shape index (κ1) is 12.8. The Morgan fingerprint density at radius 3 is 2.88 bits per heavy atom. The molecule has 0 saturated carbocycles. The van der Waals surface area contributed by atoms with Gasteiger partial charge in [-0.1, -0.05) is 6.07 Å². The molecule has 0 aromatic heterocycles. The minimum atomic E-state index is -0.556. The van der Waals surface area contributed by atoms with E-state index in [1.807, 2.05) is 0 Å². The van der Waals surface area contributed by atoms with Gasteiger partial charge in [-0.25, -0.2) is 8.78 Å². The second-order valence-corrected chi connectivity index (χ2v) is 5.07. The van der Waals surface area contributed by atoms with Crippen molar-refractivity contribution in [2.45, 2.75) is 12.1 Å². The first-order valence-corrected chi connectivity index (χ1v) is 6.69. The van der Waals surface area contributed by atoms with E-state index in [9.17, 15) is 8.78 Å². The Bertz CT molecular complexity index is 383. The lowest BCUT2D eigenvalue weighted by Crippen LogP contribution is -2.37. The summed E-state index contributed by atoms with van der Waals surface area (Å²) in [7, 11) is 1.76. The molecule has 94 valence electrons. The zero-order chi connectivity index (χ0) is 12.3. The average Bonchev–Trinajstić information content (AvgIpc) is 2.34. The number of hydrogen-bond acceptors (Lipinski definition) is 3. The van der Waals surface area contributed by atoms with Gasteiger partial charge < -0.3 is 10.1 Å². The van der Waals surface area contributed by atoms with E-state index in [0.717, 1.165) is 17.6 Å². The smallest absolute Gasteiger partial charge is 0.130 e. The third kappa shape index (κ3) is 2.97. The maximum absolute atomic E-state index is 13.7. The molecule has 1 aromatic rings. The molecule has 1 aliphatic heterocycles. The number of rotatable bonds is 3. The molecule has 2 atom stereocenters. The summed E-state index contributed by atoms with van der Waals surface area (Å²) >= 11 is 1.79. The van der Waals surface area contributed by atoms with E-state index in [1.54, 1.807) is 18.8 Å². The first-order valence-electron chi connectivity index (χ1n) is 5.54. The van der Waals surface area contributed by atoms with Crippen molar-refractivity contribution in [3.8, 4) is 0 Å². The molecule has 2 rings (SSSR count). The molecule has 0 radical (unpaired) electrons. The highest BCUT2D eigenvalue weighted by atomic mass is 32.2. The van der Waals surface area contributed by atoms with Crippen LogP contribution in [0, 0.1) is 11.6 Å².